The molecule has 1 aromatic carbocycles. The number of nitrogens with zero attached hydrogens (tertiary/aromatic N) is 1. The molecular formula is C15H25NO2. The predicted molar refractivity (Wildman–Crippen MR) is 75.0 cm³/mol. The molecule has 0 spiro atoms. The molecule has 3 heteroatoms. The molecule has 1 N–H and O–H groups in total. The zero-order valence-electron chi connectivity index (χ0n) is 12.1. The monoisotopic (exact) mass is 251 g/mol. The molecule has 1 aromatic rings. The number of hydrogen-bond donors (Lipinski definition) is 1. The molecule has 0 saturated heterocycles. The van der Waals surface area contributed by atoms with E-state index < -0.39 is 0 Å². The van der Waals surface area contributed by atoms with Crippen molar-refractivity contribution in [1.82, 2.24) is 4.90 Å². The maximum Gasteiger partial charge on any atom is 0.162 e. The van der Waals surface area contributed by atoms with Gasteiger partial charge in [0.15, 0.2) is 11.5 Å². The summed E-state index contributed by atoms with van der Waals surface area (Å²) in [7, 11) is 1.58. The summed E-state index contributed by atoms with van der Waals surface area (Å²) < 4.78 is 5.14. The lowest BCUT2D eigenvalue weighted by atomic mass is 10.1. The van der Waals surface area contributed by atoms with Crippen molar-refractivity contribution >= 4 is 0 Å². The molecule has 0 radical (unpaired) electrons. The topological polar surface area (TPSA) is 32.7 Å². The fraction of sp³-hybridized carbons (Fsp3) is 0.600. The van der Waals surface area contributed by atoms with Gasteiger partial charge in [0.05, 0.1) is 7.11 Å². The Morgan fingerprint density at radius 2 is 1.89 bits per heavy atom. The van der Waals surface area contributed by atoms with Gasteiger partial charge in [-0.1, -0.05) is 26.0 Å². The Kier molecular flexibility index (Phi) is 5.48. The minimum Gasteiger partial charge on any atom is -0.504 e. The summed E-state index contributed by atoms with van der Waals surface area (Å²) >= 11 is 0. The van der Waals surface area contributed by atoms with E-state index in [1.165, 1.54) is 0 Å². The van der Waals surface area contributed by atoms with Gasteiger partial charge in [-0.25, -0.2) is 0 Å². The number of ether oxygens (including phenoxy) is 1. The first-order valence-electron chi connectivity index (χ1n) is 6.54. The molecule has 102 valence electrons. The van der Waals surface area contributed by atoms with E-state index >= 15 is 0 Å². The summed E-state index contributed by atoms with van der Waals surface area (Å²) in [5.74, 6) is 1.41. The van der Waals surface area contributed by atoms with Crippen LogP contribution >= 0.6 is 0 Å². The quantitative estimate of drug-likeness (QED) is 0.842. The number of benzene rings is 1. The van der Waals surface area contributed by atoms with Crippen molar-refractivity contribution in [2.24, 2.45) is 5.92 Å². The van der Waals surface area contributed by atoms with Gasteiger partial charge < -0.3 is 9.84 Å². The van der Waals surface area contributed by atoms with Gasteiger partial charge in [0, 0.05) is 24.7 Å². The average Bonchev–Trinajstić information content (AvgIpc) is 2.30. The molecule has 0 unspecified atom stereocenters. The van der Waals surface area contributed by atoms with E-state index in [1.807, 2.05) is 12.1 Å². The fourth-order valence-electron chi connectivity index (χ4n) is 2.01. The number of para-hydroxylation sites is 1. The van der Waals surface area contributed by atoms with E-state index in [2.05, 4.69) is 32.6 Å². The second-order valence-corrected chi connectivity index (χ2v) is 5.39. The first kappa shape index (κ1) is 14.8. The molecule has 0 fully saturated rings. The van der Waals surface area contributed by atoms with E-state index in [0.717, 1.165) is 18.7 Å². The summed E-state index contributed by atoms with van der Waals surface area (Å²) in [6, 6.07) is 6.11. The number of methoxy groups -OCH3 is 1. The molecular weight excluding hydrogens is 226 g/mol. The second-order valence-electron chi connectivity index (χ2n) is 5.39. The van der Waals surface area contributed by atoms with E-state index in [0.29, 0.717) is 17.7 Å². The number of hydrogen-bond acceptors (Lipinski definition) is 3. The van der Waals surface area contributed by atoms with Crippen LogP contribution in [0.4, 0.5) is 0 Å². The normalized spacial score (nSPS) is 11.6. The molecule has 0 atom stereocenters. The molecule has 3 nitrogen and oxygen atoms in total. The lowest BCUT2D eigenvalue weighted by molar-refractivity contribution is 0.187. The minimum atomic E-state index is 0.259. The van der Waals surface area contributed by atoms with Crippen molar-refractivity contribution in [2.45, 2.75) is 40.3 Å². The first-order chi connectivity index (χ1) is 8.45. The third-order valence-corrected chi connectivity index (χ3v) is 3.01. The van der Waals surface area contributed by atoms with Gasteiger partial charge in [-0.15, -0.1) is 0 Å². The Morgan fingerprint density at radius 3 is 2.39 bits per heavy atom. The van der Waals surface area contributed by atoms with Gasteiger partial charge in [-0.3, -0.25) is 4.90 Å². The Hall–Kier alpha value is -1.22. The van der Waals surface area contributed by atoms with Gasteiger partial charge in [-0.05, 0) is 25.8 Å². The van der Waals surface area contributed by atoms with Crippen LogP contribution in [-0.4, -0.2) is 29.7 Å². The van der Waals surface area contributed by atoms with Gasteiger partial charge in [0.1, 0.15) is 0 Å². The fourth-order valence-corrected chi connectivity index (χ4v) is 2.01. The average molecular weight is 251 g/mol. The van der Waals surface area contributed by atoms with E-state index in [-0.39, 0.29) is 5.75 Å². The maximum atomic E-state index is 10.1. The summed E-state index contributed by atoms with van der Waals surface area (Å²) in [4.78, 5) is 2.36. The third-order valence-electron chi connectivity index (χ3n) is 3.01. The molecule has 1 rings (SSSR count). The van der Waals surface area contributed by atoms with Crippen LogP contribution in [0, 0.1) is 5.92 Å². The van der Waals surface area contributed by atoms with Crippen molar-refractivity contribution < 1.29 is 9.84 Å². The van der Waals surface area contributed by atoms with Gasteiger partial charge in [0.25, 0.3) is 0 Å². The van der Waals surface area contributed by atoms with Crippen LogP contribution in [0.5, 0.6) is 11.5 Å². The molecule has 0 amide bonds. The van der Waals surface area contributed by atoms with Crippen LogP contribution < -0.4 is 4.74 Å². The molecule has 18 heavy (non-hydrogen) atoms. The smallest absolute Gasteiger partial charge is 0.162 e. The highest BCUT2D eigenvalue weighted by Crippen LogP contribution is 2.30. The standard InChI is InChI=1S/C15H25NO2/c1-11(2)9-16(12(3)4)10-13-7-6-8-14(18-5)15(13)17/h6-8,11-12,17H,9-10H2,1-5H3. The van der Waals surface area contributed by atoms with Crippen LogP contribution in [0.2, 0.25) is 0 Å². The molecule has 0 saturated carbocycles. The molecule has 0 bridgehead atoms. The number of aromatic hydroxyl groups is 1. The summed E-state index contributed by atoms with van der Waals surface area (Å²) in [5.41, 5.74) is 0.920. The molecule has 0 aliphatic carbocycles. The Balaban J connectivity index is 2.87. The Labute approximate surface area is 110 Å². The van der Waals surface area contributed by atoms with Crippen LogP contribution in [0.15, 0.2) is 18.2 Å². The lowest BCUT2D eigenvalue weighted by Gasteiger charge is -2.28. The molecule has 0 heterocycles. The zero-order valence-corrected chi connectivity index (χ0v) is 12.1. The highest BCUT2D eigenvalue weighted by atomic mass is 16.5. The van der Waals surface area contributed by atoms with Gasteiger partial charge in [-0.2, -0.15) is 0 Å². The molecule has 0 aliphatic rings. The van der Waals surface area contributed by atoms with Crippen molar-refractivity contribution in [3.8, 4) is 11.5 Å². The van der Waals surface area contributed by atoms with E-state index in [1.54, 1.807) is 13.2 Å². The van der Waals surface area contributed by atoms with Crippen molar-refractivity contribution in [2.75, 3.05) is 13.7 Å². The maximum absolute atomic E-state index is 10.1. The highest BCUT2D eigenvalue weighted by molar-refractivity contribution is 5.45. The van der Waals surface area contributed by atoms with Crippen LogP contribution in [0.3, 0.4) is 0 Å². The number of rotatable bonds is 6. The second kappa shape index (κ2) is 6.64. The van der Waals surface area contributed by atoms with Gasteiger partial charge >= 0.3 is 0 Å². The zero-order chi connectivity index (χ0) is 13.7. The highest BCUT2D eigenvalue weighted by Gasteiger charge is 2.15. The van der Waals surface area contributed by atoms with Crippen molar-refractivity contribution in [3.63, 3.8) is 0 Å². The van der Waals surface area contributed by atoms with Crippen molar-refractivity contribution in [3.05, 3.63) is 23.8 Å². The van der Waals surface area contributed by atoms with Crippen LogP contribution in [0.1, 0.15) is 33.3 Å². The lowest BCUT2D eigenvalue weighted by Crippen LogP contribution is -2.33. The van der Waals surface area contributed by atoms with E-state index in [4.69, 9.17) is 4.74 Å². The molecule has 0 aromatic heterocycles. The predicted octanol–water partition coefficient (Wildman–Crippen LogP) is 3.27. The van der Waals surface area contributed by atoms with Gasteiger partial charge in [0.2, 0.25) is 0 Å². The molecule has 0 aliphatic heterocycles. The van der Waals surface area contributed by atoms with Crippen molar-refractivity contribution in [1.29, 1.82) is 0 Å². The number of phenols is 1. The largest absolute Gasteiger partial charge is 0.504 e. The number of phenolic OH excluding ortho intramolecular Hbond substituents is 1. The minimum absolute atomic E-state index is 0.259. The van der Waals surface area contributed by atoms with E-state index in [9.17, 15) is 5.11 Å². The Morgan fingerprint density at radius 1 is 1.22 bits per heavy atom. The van der Waals surface area contributed by atoms with Crippen LogP contribution in [0.25, 0.3) is 0 Å². The Bertz CT molecular complexity index is 375. The summed E-state index contributed by atoms with van der Waals surface area (Å²) in [5, 5.41) is 10.1. The van der Waals surface area contributed by atoms with Crippen LogP contribution in [-0.2, 0) is 6.54 Å². The summed E-state index contributed by atoms with van der Waals surface area (Å²) in [6.45, 7) is 10.5. The summed E-state index contributed by atoms with van der Waals surface area (Å²) in [6.07, 6.45) is 0. The first-order valence-corrected chi connectivity index (χ1v) is 6.54. The third kappa shape index (κ3) is 3.91. The SMILES string of the molecule is COc1cccc(CN(CC(C)C)C(C)C)c1O.